The largest absolute Gasteiger partial charge is 0.483 e. The van der Waals surface area contributed by atoms with E-state index in [-0.39, 0.29) is 18.6 Å². The van der Waals surface area contributed by atoms with Gasteiger partial charge in [0.25, 0.3) is 5.91 Å². The highest BCUT2D eigenvalue weighted by atomic mass is 16.5. The monoisotopic (exact) mass is 380 g/mol. The van der Waals surface area contributed by atoms with Crippen molar-refractivity contribution in [3.63, 3.8) is 0 Å². The Labute approximate surface area is 168 Å². The van der Waals surface area contributed by atoms with Crippen molar-refractivity contribution in [3.05, 3.63) is 64.7 Å². The summed E-state index contributed by atoms with van der Waals surface area (Å²) in [6, 6.07) is 14.8. The fourth-order valence-electron chi connectivity index (χ4n) is 3.73. The predicted molar refractivity (Wildman–Crippen MR) is 114 cm³/mol. The number of carbonyl (C=O) groups is 1. The second-order valence-corrected chi connectivity index (χ2v) is 7.67. The number of hydrogen-bond acceptors (Lipinski definition) is 3. The van der Waals surface area contributed by atoms with Crippen LogP contribution in [0, 0.1) is 13.8 Å². The molecule has 1 fully saturated rings. The van der Waals surface area contributed by atoms with Gasteiger partial charge in [-0.2, -0.15) is 0 Å². The number of hydrogen-bond donors (Lipinski definition) is 1. The van der Waals surface area contributed by atoms with Gasteiger partial charge in [0.15, 0.2) is 6.61 Å². The van der Waals surface area contributed by atoms with E-state index < -0.39 is 0 Å². The van der Waals surface area contributed by atoms with Gasteiger partial charge >= 0.3 is 0 Å². The Morgan fingerprint density at radius 1 is 1.11 bits per heavy atom. The molecule has 1 unspecified atom stereocenters. The van der Waals surface area contributed by atoms with Crippen LogP contribution >= 0.6 is 0 Å². The van der Waals surface area contributed by atoms with E-state index in [4.69, 9.17) is 4.74 Å². The van der Waals surface area contributed by atoms with Gasteiger partial charge in [-0.25, -0.2) is 0 Å². The van der Waals surface area contributed by atoms with Crippen LogP contribution in [0.25, 0.3) is 0 Å². The van der Waals surface area contributed by atoms with Gasteiger partial charge in [-0.1, -0.05) is 43.3 Å². The third-order valence-electron chi connectivity index (χ3n) is 5.64. The van der Waals surface area contributed by atoms with Crippen LogP contribution < -0.4 is 10.1 Å². The highest BCUT2D eigenvalue weighted by Crippen LogP contribution is 2.28. The summed E-state index contributed by atoms with van der Waals surface area (Å²) in [5.41, 5.74) is 5.03. The Morgan fingerprint density at radius 2 is 1.86 bits per heavy atom. The molecular weight excluding hydrogens is 348 g/mol. The molecule has 3 rings (SSSR count). The molecule has 1 aliphatic rings. The SMILES string of the molecule is CCC(NCc1ccc(C)c(C)c1)c1ccccc1OCC(=O)N1CCCC1. The van der Waals surface area contributed by atoms with Crippen LogP contribution in [0.3, 0.4) is 0 Å². The highest BCUT2D eigenvalue weighted by Gasteiger charge is 2.20. The molecule has 150 valence electrons. The zero-order chi connectivity index (χ0) is 19.9. The highest BCUT2D eigenvalue weighted by molar-refractivity contribution is 5.78. The fourth-order valence-corrected chi connectivity index (χ4v) is 3.73. The number of benzene rings is 2. The van der Waals surface area contributed by atoms with E-state index in [0.717, 1.165) is 50.2 Å². The molecule has 1 atom stereocenters. The molecule has 1 N–H and O–H groups in total. The number of carbonyl (C=O) groups excluding carboxylic acids is 1. The van der Waals surface area contributed by atoms with Crippen LogP contribution in [0.1, 0.15) is 54.5 Å². The Morgan fingerprint density at radius 3 is 2.57 bits per heavy atom. The zero-order valence-corrected chi connectivity index (χ0v) is 17.3. The normalized spacial score (nSPS) is 14.9. The molecule has 0 bridgehead atoms. The number of likely N-dealkylation sites (tertiary alicyclic amines) is 1. The van der Waals surface area contributed by atoms with Crippen molar-refractivity contribution >= 4 is 5.91 Å². The van der Waals surface area contributed by atoms with Crippen molar-refractivity contribution in [2.75, 3.05) is 19.7 Å². The van der Waals surface area contributed by atoms with Crippen molar-refractivity contribution in [2.24, 2.45) is 0 Å². The zero-order valence-electron chi connectivity index (χ0n) is 17.3. The summed E-state index contributed by atoms with van der Waals surface area (Å²) in [4.78, 5) is 14.2. The molecule has 0 saturated carbocycles. The number of para-hydroxylation sites is 1. The molecule has 28 heavy (non-hydrogen) atoms. The molecule has 2 aromatic carbocycles. The minimum Gasteiger partial charge on any atom is -0.483 e. The molecule has 4 heteroatoms. The lowest BCUT2D eigenvalue weighted by Gasteiger charge is -2.22. The Hall–Kier alpha value is -2.33. The van der Waals surface area contributed by atoms with E-state index in [2.05, 4.69) is 50.4 Å². The first-order valence-electron chi connectivity index (χ1n) is 10.4. The van der Waals surface area contributed by atoms with Gasteiger partial charge < -0.3 is 15.0 Å². The van der Waals surface area contributed by atoms with Crippen LogP contribution in [-0.4, -0.2) is 30.5 Å². The average molecular weight is 381 g/mol. The summed E-state index contributed by atoms with van der Waals surface area (Å²) < 4.78 is 5.95. The Balaban J connectivity index is 1.64. The van der Waals surface area contributed by atoms with Gasteiger partial charge in [-0.05, 0) is 55.9 Å². The maximum Gasteiger partial charge on any atom is 0.260 e. The molecule has 0 spiro atoms. The molecule has 1 amide bonds. The van der Waals surface area contributed by atoms with Gasteiger partial charge in [-0.3, -0.25) is 4.79 Å². The quantitative estimate of drug-likeness (QED) is 0.731. The first kappa shape index (κ1) is 20.4. The molecule has 1 saturated heterocycles. The number of nitrogens with zero attached hydrogens (tertiary/aromatic N) is 1. The predicted octanol–water partition coefficient (Wildman–Crippen LogP) is 4.55. The molecule has 1 heterocycles. The van der Waals surface area contributed by atoms with E-state index in [1.807, 2.05) is 23.1 Å². The standard InChI is InChI=1S/C24H32N2O2/c1-4-22(25-16-20-12-11-18(2)19(3)15-20)21-9-5-6-10-23(21)28-17-24(27)26-13-7-8-14-26/h5-6,9-12,15,22,25H,4,7-8,13-14,16-17H2,1-3H3. The molecule has 1 aliphatic heterocycles. The van der Waals surface area contributed by atoms with Crippen molar-refractivity contribution in [3.8, 4) is 5.75 Å². The van der Waals surface area contributed by atoms with E-state index >= 15 is 0 Å². The van der Waals surface area contributed by atoms with E-state index in [9.17, 15) is 4.79 Å². The second-order valence-electron chi connectivity index (χ2n) is 7.67. The number of nitrogens with one attached hydrogen (secondary N) is 1. The number of amides is 1. The lowest BCUT2D eigenvalue weighted by atomic mass is 10.0. The van der Waals surface area contributed by atoms with Gasteiger partial charge in [0.05, 0.1) is 0 Å². The van der Waals surface area contributed by atoms with Gasteiger partial charge in [0, 0.05) is 31.2 Å². The van der Waals surface area contributed by atoms with Gasteiger partial charge in [0.1, 0.15) is 5.75 Å². The lowest BCUT2D eigenvalue weighted by molar-refractivity contribution is -0.132. The van der Waals surface area contributed by atoms with Gasteiger partial charge in [-0.15, -0.1) is 0 Å². The third kappa shape index (κ3) is 5.14. The Kier molecular flexibility index (Phi) is 7.10. The lowest BCUT2D eigenvalue weighted by Crippen LogP contribution is -2.32. The summed E-state index contributed by atoms with van der Waals surface area (Å²) in [5.74, 6) is 0.887. The van der Waals surface area contributed by atoms with Crippen molar-refractivity contribution in [1.82, 2.24) is 10.2 Å². The molecule has 4 nitrogen and oxygen atoms in total. The topological polar surface area (TPSA) is 41.6 Å². The number of aryl methyl sites for hydroxylation is 2. The third-order valence-corrected chi connectivity index (χ3v) is 5.64. The molecule has 0 aliphatic carbocycles. The number of rotatable bonds is 8. The molecule has 0 radical (unpaired) electrons. The van der Waals surface area contributed by atoms with Crippen LogP contribution in [0.2, 0.25) is 0 Å². The summed E-state index contributed by atoms with van der Waals surface area (Å²) in [6.45, 7) is 9.10. The second kappa shape index (κ2) is 9.74. The fraction of sp³-hybridized carbons (Fsp3) is 0.458. The maximum atomic E-state index is 12.3. The summed E-state index contributed by atoms with van der Waals surface area (Å²) in [6.07, 6.45) is 3.15. The molecule has 2 aromatic rings. The first-order valence-corrected chi connectivity index (χ1v) is 10.4. The van der Waals surface area contributed by atoms with Crippen LogP contribution in [0.15, 0.2) is 42.5 Å². The Bertz CT molecular complexity index is 797. The van der Waals surface area contributed by atoms with Crippen molar-refractivity contribution < 1.29 is 9.53 Å². The van der Waals surface area contributed by atoms with E-state index in [0.29, 0.717) is 0 Å². The average Bonchev–Trinajstić information content (AvgIpc) is 3.25. The van der Waals surface area contributed by atoms with E-state index in [1.165, 1.54) is 16.7 Å². The maximum absolute atomic E-state index is 12.3. The first-order chi connectivity index (χ1) is 13.6. The van der Waals surface area contributed by atoms with Crippen LogP contribution in [0.4, 0.5) is 0 Å². The van der Waals surface area contributed by atoms with Crippen molar-refractivity contribution in [1.29, 1.82) is 0 Å². The number of ether oxygens (including phenoxy) is 1. The smallest absolute Gasteiger partial charge is 0.260 e. The molecular formula is C24H32N2O2. The van der Waals surface area contributed by atoms with E-state index in [1.54, 1.807) is 0 Å². The molecule has 0 aromatic heterocycles. The van der Waals surface area contributed by atoms with Crippen molar-refractivity contribution in [2.45, 2.75) is 52.6 Å². The minimum absolute atomic E-state index is 0.0865. The summed E-state index contributed by atoms with van der Waals surface area (Å²) in [5, 5.41) is 3.66. The van der Waals surface area contributed by atoms with Crippen LogP contribution in [0.5, 0.6) is 5.75 Å². The van der Waals surface area contributed by atoms with Crippen LogP contribution in [-0.2, 0) is 11.3 Å². The van der Waals surface area contributed by atoms with Gasteiger partial charge in [0.2, 0.25) is 0 Å². The minimum atomic E-state index is 0.0865. The summed E-state index contributed by atoms with van der Waals surface area (Å²) >= 11 is 0. The summed E-state index contributed by atoms with van der Waals surface area (Å²) in [7, 11) is 0.